The standard InChI is InChI=1S/C12H14N2O6S/c1-21(19,20)8-4-2-3-7(5-8)11(16)14-9(12(17)18)6-10(13)15/h2-5,9H,6H2,1H3,(H2,13,15)(H,14,16)(H,17,18). The van der Waals surface area contributed by atoms with Crippen LogP contribution in [-0.2, 0) is 19.4 Å². The van der Waals surface area contributed by atoms with Crippen LogP contribution < -0.4 is 11.1 Å². The summed E-state index contributed by atoms with van der Waals surface area (Å²) in [5.74, 6) is -3.11. The average Bonchev–Trinajstić information content (AvgIpc) is 2.36. The molecule has 0 aromatic heterocycles. The Morgan fingerprint density at radius 1 is 1.33 bits per heavy atom. The number of nitrogens with one attached hydrogen (secondary N) is 1. The van der Waals surface area contributed by atoms with E-state index in [1.165, 1.54) is 18.2 Å². The molecule has 0 saturated carbocycles. The lowest BCUT2D eigenvalue weighted by Gasteiger charge is -2.13. The third kappa shape index (κ3) is 4.88. The van der Waals surface area contributed by atoms with E-state index in [-0.39, 0.29) is 10.5 Å². The second-order valence-electron chi connectivity index (χ2n) is 4.33. The maximum absolute atomic E-state index is 11.9. The molecule has 4 N–H and O–H groups in total. The van der Waals surface area contributed by atoms with Crippen molar-refractivity contribution >= 4 is 27.6 Å². The van der Waals surface area contributed by atoms with E-state index in [2.05, 4.69) is 5.32 Å². The number of amides is 2. The number of aliphatic carboxylic acids is 1. The maximum Gasteiger partial charge on any atom is 0.326 e. The molecule has 0 aliphatic carbocycles. The Hall–Kier alpha value is -2.42. The zero-order valence-electron chi connectivity index (χ0n) is 11.1. The molecule has 0 spiro atoms. The number of primary amides is 1. The normalized spacial score (nSPS) is 12.4. The van der Waals surface area contributed by atoms with Gasteiger partial charge in [-0.25, -0.2) is 13.2 Å². The van der Waals surface area contributed by atoms with Gasteiger partial charge in [-0.15, -0.1) is 0 Å². The molecule has 0 saturated heterocycles. The number of carboxylic acids is 1. The SMILES string of the molecule is CS(=O)(=O)c1cccc(C(=O)NC(CC(N)=O)C(=O)O)c1. The van der Waals surface area contributed by atoms with Crippen LogP contribution in [0, 0.1) is 0 Å². The van der Waals surface area contributed by atoms with E-state index in [9.17, 15) is 22.8 Å². The Morgan fingerprint density at radius 3 is 2.43 bits per heavy atom. The summed E-state index contributed by atoms with van der Waals surface area (Å²) in [6.45, 7) is 0. The molecule has 1 unspecified atom stereocenters. The van der Waals surface area contributed by atoms with Crippen LogP contribution in [0.3, 0.4) is 0 Å². The quantitative estimate of drug-likeness (QED) is 0.624. The van der Waals surface area contributed by atoms with Crippen molar-refractivity contribution in [2.24, 2.45) is 5.73 Å². The van der Waals surface area contributed by atoms with E-state index in [1.807, 2.05) is 0 Å². The molecule has 0 bridgehead atoms. The van der Waals surface area contributed by atoms with E-state index >= 15 is 0 Å². The summed E-state index contributed by atoms with van der Waals surface area (Å²) in [6, 6.07) is 3.64. The van der Waals surface area contributed by atoms with Crippen LogP contribution in [0.15, 0.2) is 29.2 Å². The van der Waals surface area contributed by atoms with Gasteiger partial charge in [0.05, 0.1) is 11.3 Å². The van der Waals surface area contributed by atoms with E-state index < -0.39 is 40.1 Å². The number of sulfone groups is 1. The summed E-state index contributed by atoms with van der Waals surface area (Å²) in [4.78, 5) is 33.5. The summed E-state index contributed by atoms with van der Waals surface area (Å²) >= 11 is 0. The van der Waals surface area contributed by atoms with Gasteiger partial charge in [0.1, 0.15) is 6.04 Å². The van der Waals surface area contributed by atoms with Crippen molar-refractivity contribution in [2.75, 3.05) is 6.26 Å². The third-order valence-corrected chi connectivity index (χ3v) is 3.64. The zero-order chi connectivity index (χ0) is 16.2. The number of hydrogen-bond donors (Lipinski definition) is 3. The maximum atomic E-state index is 11.9. The first-order chi connectivity index (χ1) is 9.61. The van der Waals surface area contributed by atoms with E-state index in [0.29, 0.717) is 0 Å². The van der Waals surface area contributed by atoms with Gasteiger partial charge in [0, 0.05) is 11.8 Å². The van der Waals surface area contributed by atoms with Gasteiger partial charge in [0.2, 0.25) is 5.91 Å². The molecule has 1 rings (SSSR count). The number of nitrogens with two attached hydrogens (primary N) is 1. The first-order valence-electron chi connectivity index (χ1n) is 5.73. The molecule has 0 heterocycles. The predicted molar refractivity (Wildman–Crippen MR) is 72.3 cm³/mol. The number of carboxylic acid groups (broad SMARTS) is 1. The smallest absolute Gasteiger partial charge is 0.326 e. The van der Waals surface area contributed by atoms with Crippen molar-refractivity contribution in [3.8, 4) is 0 Å². The number of hydrogen-bond acceptors (Lipinski definition) is 5. The van der Waals surface area contributed by atoms with Crippen LogP contribution >= 0.6 is 0 Å². The minimum atomic E-state index is -3.49. The Morgan fingerprint density at radius 2 is 1.95 bits per heavy atom. The van der Waals surface area contributed by atoms with Crippen molar-refractivity contribution in [1.29, 1.82) is 0 Å². The highest BCUT2D eigenvalue weighted by Crippen LogP contribution is 2.11. The lowest BCUT2D eigenvalue weighted by atomic mass is 10.1. The molecule has 1 atom stereocenters. The molecular formula is C12H14N2O6S. The van der Waals surface area contributed by atoms with Crippen molar-refractivity contribution in [3.63, 3.8) is 0 Å². The van der Waals surface area contributed by atoms with Crippen LogP contribution in [0.2, 0.25) is 0 Å². The molecule has 1 aromatic carbocycles. The van der Waals surface area contributed by atoms with Crippen LogP contribution in [0.4, 0.5) is 0 Å². The molecule has 21 heavy (non-hydrogen) atoms. The van der Waals surface area contributed by atoms with Crippen molar-refractivity contribution in [1.82, 2.24) is 5.32 Å². The highest BCUT2D eigenvalue weighted by atomic mass is 32.2. The first kappa shape index (κ1) is 16.6. The molecule has 114 valence electrons. The van der Waals surface area contributed by atoms with Crippen LogP contribution in [0.1, 0.15) is 16.8 Å². The zero-order valence-corrected chi connectivity index (χ0v) is 11.9. The minimum absolute atomic E-state index is 0.0337. The van der Waals surface area contributed by atoms with Gasteiger partial charge in [-0.3, -0.25) is 9.59 Å². The molecule has 9 heteroatoms. The second-order valence-corrected chi connectivity index (χ2v) is 6.35. The molecule has 0 aliphatic heterocycles. The molecule has 2 amide bonds. The molecule has 0 aliphatic rings. The molecule has 8 nitrogen and oxygen atoms in total. The van der Waals surface area contributed by atoms with Gasteiger partial charge in [-0.2, -0.15) is 0 Å². The van der Waals surface area contributed by atoms with Gasteiger partial charge in [-0.1, -0.05) is 6.07 Å². The summed E-state index contributed by atoms with van der Waals surface area (Å²) in [6.07, 6.45) is 0.421. The van der Waals surface area contributed by atoms with Crippen LogP contribution in [-0.4, -0.2) is 43.6 Å². The number of rotatable bonds is 6. The van der Waals surface area contributed by atoms with Gasteiger partial charge in [-0.05, 0) is 18.2 Å². The summed E-state index contributed by atoms with van der Waals surface area (Å²) in [7, 11) is -3.49. The fourth-order valence-electron chi connectivity index (χ4n) is 1.51. The van der Waals surface area contributed by atoms with E-state index in [4.69, 9.17) is 10.8 Å². The molecule has 0 fully saturated rings. The summed E-state index contributed by atoms with van der Waals surface area (Å²) in [5.41, 5.74) is 4.86. The monoisotopic (exact) mass is 314 g/mol. The number of benzene rings is 1. The highest BCUT2D eigenvalue weighted by Gasteiger charge is 2.23. The van der Waals surface area contributed by atoms with E-state index in [0.717, 1.165) is 12.3 Å². The Labute approximate surface area is 120 Å². The summed E-state index contributed by atoms with van der Waals surface area (Å²) in [5, 5.41) is 11.0. The Bertz CT molecular complexity index is 683. The molecular weight excluding hydrogens is 300 g/mol. The lowest BCUT2D eigenvalue weighted by molar-refractivity contribution is -0.140. The van der Waals surface area contributed by atoms with Crippen LogP contribution in [0.5, 0.6) is 0 Å². The van der Waals surface area contributed by atoms with Gasteiger partial charge < -0.3 is 16.2 Å². The first-order valence-corrected chi connectivity index (χ1v) is 7.62. The number of carbonyl (C=O) groups excluding carboxylic acids is 2. The summed E-state index contributed by atoms with van der Waals surface area (Å²) < 4.78 is 22.8. The van der Waals surface area contributed by atoms with Crippen LogP contribution in [0.25, 0.3) is 0 Å². The topological polar surface area (TPSA) is 144 Å². The lowest BCUT2D eigenvalue weighted by Crippen LogP contribution is -2.43. The number of carbonyl (C=O) groups is 3. The molecule has 0 radical (unpaired) electrons. The fraction of sp³-hybridized carbons (Fsp3) is 0.250. The Kier molecular flexibility index (Phi) is 5.03. The van der Waals surface area contributed by atoms with Gasteiger partial charge in [0.15, 0.2) is 9.84 Å². The molecule has 1 aromatic rings. The second kappa shape index (κ2) is 6.35. The highest BCUT2D eigenvalue weighted by molar-refractivity contribution is 7.90. The van der Waals surface area contributed by atoms with Gasteiger partial charge >= 0.3 is 5.97 Å². The predicted octanol–water partition coefficient (Wildman–Crippen LogP) is -0.851. The largest absolute Gasteiger partial charge is 0.480 e. The minimum Gasteiger partial charge on any atom is -0.480 e. The fourth-order valence-corrected chi connectivity index (χ4v) is 2.18. The van der Waals surface area contributed by atoms with E-state index in [1.54, 1.807) is 0 Å². The van der Waals surface area contributed by atoms with Crippen molar-refractivity contribution in [3.05, 3.63) is 29.8 Å². The third-order valence-electron chi connectivity index (χ3n) is 2.53. The Balaban J connectivity index is 2.98. The van der Waals surface area contributed by atoms with Gasteiger partial charge in [0.25, 0.3) is 5.91 Å². The average molecular weight is 314 g/mol. The van der Waals surface area contributed by atoms with Crippen molar-refractivity contribution < 1.29 is 27.9 Å². The van der Waals surface area contributed by atoms with Crippen molar-refractivity contribution in [2.45, 2.75) is 17.4 Å².